The van der Waals surface area contributed by atoms with Crippen molar-refractivity contribution in [1.82, 2.24) is 4.90 Å². The number of nitrogens with zero attached hydrogens (tertiary/aromatic N) is 1. The number of hydrogen-bond donors (Lipinski definition) is 1. The Kier molecular flexibility index (Phi) is 6.06. The zero-order valence-corrected chi connectivity index (χ0v) is 16.6. The Labute approximate surface area is 166 Å². The molecule has 152 valence electrons. The Morgan fingerprint density at radius 1 is 1.14 bits per heavy atom. The van der Waals surface area contributed by atoms with Crippen LogP contribution in [0.1, 0.15) is 51.0 Å². The number of aryl methyl sites for hydroxylation is 1. The second-order valence-electron chi connectivity index (χ2n) is 8.12. The molecule has 0 spiro atoms. The topological polar surface area (TPSA) is 89.7 Å². The van der Waals surface area contributed by atoms with Gasteiger partial charge in [0, 0.05) is 13.1 Å². The Morgan fingerprint density at radius 3 is 2.46 bits per heavy atom. The maximum absolute atomic E-state index is 13.0. The Bertz CT molecular complexity index is 729. The van der Waals surface area contributed by atoms with Gasteiger partial charge in [0.15, 0.2) is 0 Å². The fourth-order valence-corrected chi connectivity index (χ4v) is 4.33. The highest BCUT2D eigenvalue weighted by Crippen LogP contribution is 2.48. The Morgan fingerprint density at radius 2 is 1.86 bits per heavy atom. The van der Waals surface area contributed by atoms with Crippen LogP contribution in [0.2, 0.25) is 0 Å². The standard InChI is InChI=1S/C22H30N2O4/c1-2-28-20(27)21(11-6-10-17-8-4-3-5-9-17)12-7-15-24(16-21)19(26)22(13-14-22)18(23)25/h3-5,8-9H,2,6-7,10-16H2,1H3,(H2,23,25)/t21-/m0/s1. The molecular weight excluding hydrogens is 356 g/mol. The number of primary amides is 1. The van der Waals surface area contributed by atoms with Crippen molar-refractivity contribution in [3.8, 4) is 0 Å². The van der Waals surface area contributed by atoms with Gasteiger partial charge in [0.2, 0.25) is 11.8 Å². The minimum atomic E-state index is -1.04. The highest BCUT2D eigenvalue weighted by atomic mass is 16.5. The average Bonchev–Trinajstić information content (AvgIpc) is 3.51. The first-order chi connectivity index (χ1) is 13.4. The van der Waals surface area contributed by atoms with E-state index in [1.807, 2.05) is 18.2 Å². The number of amides is 2. The highest BCUT2D eigenvalue weighted by Gasteiger charge is 2.58. The van der Waals surface area contributed by atoms with E-state index in [-0.39, 0.29) is 11.9 Å². The van der Waals surface area contributed by atoms with E-state index < -0.39 is 16.7 Å². The fourth-order valence-electron chi connectivity index (χ4n) is 4.33. The molecule has 1 aliphatic heterocycles. The molecule has 0 radical (unpaired) electrons. The lowest BCUT2D eigenvalue weighted by Crippen LogP contribution is -2.54. The van der Waals surface area contributed by atoms with Crippen molar-refractivity contribution in [2.24, 2.45) is 16.6 Å². The van der Waals surface area contributed by atoms with Crippen LogP contribution in [0.5, 0.6) is 0 Å². The van der Waals surface area contributed by atoms with E-state index in [1.54, 1.807) is 11.8 Å². The number of ether oxygens (including phenoxy) is 1. The average molecular weight is 386 g/mol. The first-order valence-corrected chi connectivity index (χ1v) is 10.2. The van der Waals surface area contributed by atoms with E-state index >= 15 is 0 Å². The van der Waals surface area contributed by atoms with Gasteiger partial charge in [-0.3, -0.25) is 14.4 Å². The Balaban J connectivity index is 1.72. The molecule has 6 heteroatoms. The predicted molar refractivity (Wildman–Crippen MR) is 105 cm³/mol. The van der Waals surface area contributed by atoms with Crippen LogP contribution in [0.4, 0.5) is 0 Å². The van der Waals surface area contributed by atoms with Gasteiger partial charge >= 0.3 is 5.97 Å². The van der Waals surface area contributed by atoms with Crippen molar-refractivity contribution in [3.63, 3.8) is 0 Å². The van der Waals surface area contributed by atoms with Crippen LogP contribution < -0.4 is 5.73 Å². The summed E-state index contributed by atoms with van der Waals surface area (Å²) < 4.78 is 5.40. The van der Waals surface area contributed by atoms with Crippen LogP contribution in [-0.2, 0) is 25.5 Å². The molecule has 1 saturated heterocycles. The van der Waals surface area contributed by atoms with E-state index in [0.29, 0.717) is 45.4 Å². The molecule has 2 N–H and O–H groups in total. The summed E-state index contributed by atoms with van der Waals surface area (Å²) in [6.07, 6.45) is 4.83. The molecular formula is C22H30N2O4. The maximum Gasteiger partial charge on any atom is 0.313 e. The zero-order valence-electron chi connectivity index (χ0n) is 16.6. The van der Waals surface area contributed by atoms with Crippen molar-refractivity contribution < 1.29 is 19.1 Å². The number of likely N-dealkylation sites (tertiary alicyclic amines) is 1. The van der Waals surface area contributed by atoms with Crippen LogP contribution in [0.15, 0.2) is 30.3 Å². The monoisotopic (exact) mass is 386 g/mol. The number of carbonyl (C=O) groups is 3. The summed E-state index contributed by atoms with van der Waals surface area (Å²) in [7, 11) is 0. The van der Waals surface area contributed by atoms with Gasteiger partial charge < -0.3 is 15.4 Å². The van der Waals surface area contributed by atoms with E-state index in [4.69, 9.17) is 10.5 Å². The minimum Gasteiger partial charge on any atom is -0.466 e. The summed E-state index contributed by atoms with van der Waals surface area (Å²) >= 11 is 0. The summed E-state index contributed by atoms with van der Waals surface area (Å²) in [6, 6.07) is 10.2. The molecule has 3 rings (SSSR count). The number of esters is 1. The quantitative estimate of drug-likeness (QED) is 0.549. The molecule has 1 heterocycles. The molecule has 0 aromatic heterocycles. The van der Waals surface area contributed by atoms with Gasteiger partial charge in [-0.15, -0.1) is 0 Å². The summed E-state index contributed by atoms with van der Waals surface area (Å²) in [4.78, 5) is 39.3. The van der Waals surface area contributed by atoms with Gasteiger partial charge in [-0.1, -0.05) is 30.3 Å². The molecule has 28 heavy (non-hydrogen) atoms. The normalized spacial score (nSPS) is 23.1. The van der Waals surface area contributed by atoms with Crippen LogP contribution in [0.3, 0.4) is 0 Å². The largest absolute Gasteiger partial charge is 0.466 e. The molecule has 2 fully saturated rings. The lowest BCUT2D eigenvalue weighted by Gasteiger charge is -2.42. The molecule has 2 amide bonds. The third-order valence-electron chi connectivity index (χ3n) is 6.17. The molecule has 1 aromatic rings. The lowest BCUT2D eigenvalue weighted by atomic mass is 9.75. The zero-order chi connectivity index (χ0) is 20.2. The second-order valence-corrected chi connectivity index (χ2v) is 8.12. The summed E-state index contributed by atoms with van der Waals surface area (Å²) in [5.41, 5.74) is 4.97. The molecule has 0 bridgehead atoms. The van der Waals surface area contributed by atoms with Crippen LogP contribution >= 0.6 is 0 Å². The second kappa shape index (κ2) is 8.33. The van der Waals surface area contributed by atoms with Crippen molar-refractivity contribution >= 4 is 17.8 Å². The van der Waals surface area contributed by atoms with E-state index in [1.165, 1.54) is 5.56 Å². The number of rotatable bonds is 8. The molecule has 6 nitrogen and oxygen atoms in total. The lowest BCUT2D eigenvalue weighted by molar-refractivity contribution is -0.162. The summed E-state index contributed by atoms with van der Waals surface area (Å²) in [5, 5.41) is 0. The van der Waals surface area contributed by atoms with E-state index in [0.717, 1.165) is 19.3 Å². The van der Waals surface area contributed by atoms with Crippen LogP contribution in [-0.4, -0.2) is 42.4 Å². The minimum absolute atomic E-state index is 0.212. The van der Waals surface area contributed by atoms with E-state index in [9.17, 15) is 14.4 Å². The van der Waals surface area contributed by atoms with Crippen molar-refractivity contribution in [2.75, 3.05) is 19.7 Å². The van der Waals surface area contributed by atoms with Crippen LogP contribution in [0.25, 0.3) is 0 Å². The number of carbonyl (C=O) groups excluding carboxylic acids is 3. The molecule has 2 aliphatic rings. The summed E-state index contributed by atoms with van der Waals surface area (Å²) in [6.45, 7) is 2.99. The number of nitrogens with two attached hydrogens (primary N) is 1. The van der Waals surface area contributed by atoms with E-state index in [2.05, 4.69) is 12.1 Å². The molecule has 1 aliphatic carbocycles. The van der Waals surface area contributed by atoms with Crippen LogP contribution in [0, 0.1) is 10.8 Å². The third kappa shape index (κ3) is 4.05. The molecule has 0 unspecified atom stereocenters. The smallest absolute Gasteiger partial charge is 0.313 e. The van der Waals surface area contributed by atoms with Crippen molar-refractivity contribution in [1.29, 1.82) is 0 Å². The third-order valence-corrected chi connectivity index (χ3v) is 6.17. The number of piperidine rings is 1. The molecule has 1 aromatic carbocycles. The SMILES string of the molecule is CCOC(=O)[C@@]1(CCCc2ccccc2)CCCN(C(=O)C2(C(N)=O)CC2)C1. The highest BCUT2D eigenvalue weighted by molar-refractivity contribution is 6.07. The van der Waals surface area contributed by atoms with Crippen molar-refractivity contribution in [3.05, 3.63) is 35.9 Å². The maximum atomic E-state index is 13.0. The first-order valence-electron chi connectivity index (χ1n) is 10.2. The number of benzene rings is 1. The van der Waals surface area contributed by atoms with Gasteiger partial charge in [-0.2, -0.15) is 0 Å². The van der Waals surface area contributed by atoms with Crippen molar-refractivity contribution in [2.45, 2.75) is 51.9 Å². The number of hydrogen-bond acceptors (Lipinski definition) is 4. The molecule has 1 atom stereocenters. The van der Waals surface area contributed by atoms with Gasteiger partial charge in [0.1, 0.15) is 5.41 Å². The summed E-state index contributed by atoms with van der Waals surface area (Å²) in [5.74, 6) is -0.991. The predicted octanol–water partition coefficient (Wildman–Crippen LogP) is 2.45. The fraction of sp³-hybridized carbons (Fsp3) is 0.591. The van der Waals surface area contributed by atoms with Gasteiger partial charge in [0.05, 0.1) is 12.0 Å². The first kappa shape index (κ1) is 20.4. The van der Waals surface area contributed by atoms with Gasteiger partial charge in [0.25, 0.3) is 0 Å². The Hall–Kier alpha value is -2.37. The van der Waals surface area contributed by atoms with Gasteiger partial charge in [-0.25, -0.2) is 0 Å². The molecule has 1 saturated carbocycles. The van der Waals surface area contributed by atoms with Gasteiger partial charge in [-0.05, 0) is 57.4 Å².